The van der Waals surface area contributed by atoms with E-state index in [2.05, 4.69) is 11.9 Å². The Bertz CT molecular complexity index is 168. The largest absolute Gasteiger partial charge is 0.387 e. The first-order chi connectivity index (χ1) is 5.52. The highest BCUT2D eigenvalue weighted by Gasteiger charge is 2.19. The average Bonchev–Trinajstić information content (AvgIpc) is 2.00. The number of carbonyl (C=O) groups excluding carboxylic acids is 1. The van der Waals surface area contributed by atoms with Gasteiger partial charge >= 0.3 is 0 Å². The summed E-state index contributed by atoms with van der Waals surface area (Å²) in [6.45, 7) is 5.26. The van der Waals surface area contributed by atoms with Gasteiger partial charge in [0.05, 0.1) is 5.60 Å². The molecule has 1 atom stereocenters. The smallest absolute Gasteiger partial charge is 0.243 e. The summed E-state index contributed by atoms with van der Waals surface area (Å²) >= 11 is 1.54. The van der Waals surface area contributed by atoms with Gasteiger partial charge in [-0.1, -0.05) is 6.58 Å². The Morgan fingerprint density at radius 1 is 1.83 bits per heavy atom. The van der Waals surface area contributed by atoms with E-state index < -0.39 is 5.60 Å². The van der Waals surface area contributed by atoms with Crippen LogP contribution >= 0.6 is 11.8 Å². The van der Waals surface area contributed by atoms with Crippen molar-refractivity contribution in [3.8, 4) is 0 Å². The van der Waals surface area contributed by atoms with Gasteiger partial charge in [0, 0.05) is 12.3 Å². The van der Waals surface area contributed by atoms with Crippen molar-refractivity contribution in [3.05, 3.63) is 12.7 Å². The maximum absolute atomic E-state index is 10.7. The molecule has 0 bridgehead atoms. The van der Waals surface area contributed by atoms with Gasteiger partial charge in [0.15, 0.2) is 0 Å². The lowest BCUT2D eigenvalue weighted by Gasteiger charge is -2.21. The van der Waals surface area contributed by atoms with Crippen LogP contribution in [-0.4, -0.2) is 35.2 Å². The van der Waals surface area contributed by atoms with E-state index in [1.54, 1.807) is 18.7 Å². The maximum atomic E-state index is 10.7. The molecule has 70 valence electrons. The maximum Gasteiger partial charge on any atom is 0.243 e. The molecule has 0 aromatic heterocycles. The molecule has 0 aromatic carbocycles. The molecule has 0 aliphatic heterocycles. The summed E-state index contributed by atoms with van der Waals surface area (Å²) < 4.78 is 0. The van der Waals surface area contributed by atoms with E-state index in [1.807, 2.05) is 6.26 Å². The first-order valence-electron chi connectivity index (χ1n) is 3.63. The Hall–Kier alpha value is -0.480. The lowest BCUT2D eigenvalue weighted by molar-refractivity contribution is -0.117. The zero-order valence-electron chi connectivity index (χ0n) is 7.46. The molecule has 1 amide bonds. The third kappa shape index (κ3) is 5.21. The van der Waals surface area contributed by atoms with Crippen LogP contribution in [0.5, 0.6) is 0 Å². The Kier molecular flexibility index (Phi) is 5.01. The summed E-state index contributed by atoms with van der Waals surface area (Å²) in [5.41, 5.74) is -0.835. The normalized spacial score (nSPS) is 14.9. The molecule has 0 spiro atoms. The molecule has 0 rings (SSSR count). The second-order valence-corrected chi connectivity index (χ2v) is 3.72. The fourth-order valence-corrected chi connectivity index (χ4v) is 1.44. The van der Waals surface area contributed by atoms with E-state index in [1.165, 1.54) is 6.08 Å². The fraction of sp³-hybridized carbons (Fsp3) is 0.625. The minimum absolute atomic E-state index is 0.253. The third-order valence-corrected chi connectivity index (χ3v) is 2.19. The summed E-state index contributed by atoms with van der Waals surface area (Å²) in [7, 11) is 0. The van der Waals surface area contributed by atoms with Crippen molar-refractivity contribution in [3.63, 3.8) is 0 Å². The third-order valence-electron chi connectivity index (χ3n) is 1.28. The predicted molar refractivity (Wildman–Crippen MR) is 52.2 cm³/mol. The molecule has 0 heterocycles. The van der Waals surface area contributed by atoms with Crippen LogP contribution in [0.2, 0.25) is 0 Å². The number of aliphatic hydroxyl groups is 1. The topological polar surface area (TPSA) is 49.3 Å². The van der Waals surface area contributed by atoms with Crippen LogP contribution in [0.15, 0.2) is 12.7 Å². The summed E-state index contributed by atoms with van der Waals surface area (Å²) in [6.07, 6.45) is 3.10. The molecule has 1 unspecified atom stereocenters. The molecule has 0 aliphatic rings. The van der Waals surface area contributed by atoms with E-state index in [9.17, 15) is 9.90 Å². The van der Waals surface area contributed by atoms with Crippen LogP contribution in [0.25, 0.3) is 0 Å². The van der Waals surface area contributed by atoms with Gasteiger partial charge in [-0.15, -0.1) is 0 Å². The lowest BCUT2D eigenvalue weighted by Crippen LogP contribution is -2.41. The summed E-state index contributed by atoms with van der Waals surface area (Å²) in [6, 6.07) is 0. The van der Waals surface area contributed by atoms with Crippen LogP contribution in [0.4, 0.5) is 0 Å². The molecule has 0 radical (unpaired) electrons. The summed E-state index contributed by atoms with van der Waals surface area (Å²) in [5.74, 6) is 0.348. The van der Waals surface area contributed by atoms with Crippen LogP contribution in [-0.2, 0) is 4.79 Å². The highest BCUT2D eigenvalue weighted by Crippen LogP contribution is 2.08. The van der Waals surface area contributed by atoms with Crippen molar-refractivity contribution < 1.29 is 9.90 Å². The zero-order valence-corrected chi connectivity index (χ0v) is 8.28. The van der Waals surface area contributed by atoms with Crippen LogP contribution in [0.3, 0.4) is 0 Å². The van der Waals surface area contributed by atoms with Gasteiger partial charge in [0.1, 0.15) is 0 Å². The Labute approximate surface area is 77.2 Å². The number of rotatable bonds is 5. The van der Waals surface area contributed by atoms with Crippen LogP contribution in [0.1, 0.15) is 6.92 Å². The second-order valence-electron chi connectivity index (χ2n) is 2.85. The Balaban J connectivity index is 3.74. The average molecular weight is 189 g/mol. The number of thioether (sulfide) groups is 1. The number of hydrogen-bond donors (Lipinski definition) is 2. The minimum atomic E-state index is -0.835. The van der Waals surface area contributed by atoms with Gasteiger partial charge in [-0.2, -0.15) is 11.8 Å². The van der Waals surface area contributed by atoms with Gasteiger partial charge in [-0.05, 0) is 19.3 Å². The number of hydrogen-bond acceptors (Lipinski definition) is 3. The quantitative estimate of drug-likeness (QED) is 0.616. The SMILES string of the molecule is C=CC(=O)NCC(C)(O)CSC. The Morgan fingerprint density at radius 3 is 2.83 bits per heavy atom. The molecular formula is C8H15NO2S. The van der Waals surface area contributed by atoms with Gasteiger partial charge < -0.3 is 10.4 Å². The van der Waals surface area contributed by atoms with Crippen molar-refractivity contribution in [1.29, 1.82) is 0 Å². The Morgan fingerprint density at radius 2 is 2.42 bits per heavy atom. The minimum Gasteiger partial charge on any atom is -0.387 e. The van der Waals surface area contributed by atoms with E-state index in [-0.39, 0.29) is 12.5 Å². The number of carbonyl (C=O) groups is 1. The summed E-state index contributed by atoms with van der Waals surface area (Å²) in [4.78, 5) is 10.7. The number of amides is 1. The van der Waals surface area contributed by atoms with Gasteiger partial charge in [0.25, 0.3) is 0 Å². The van der Waals surface area contributed by atoms with Crippen molar-refractivity contribution in [2.24, 2.45) is 0 Å². The monoisotopic (exact) mass is 189 g/mol. The van der Waals surface area contributed by atoms with Crippen LogP contribution in [0, 0.1) is 0 Å². The first-order valence-corrected chi connectivity index (χ1v) is 5.03. The van der Waals surface area contributed by atoms with Crippen molar-refractivity contribution in [1.82, 2.24) is 5.32 Å². The first kappa shape index (κ1) is 11.5. The fourth-order valence-electron chi connectivity index (χ4n) is 0.712. The van der Waals surface area contributed by atoms with Crippen molar-refractivity contribution in [2.45, 2.75) is 12.5 Å². The molecule has 2 N–H and O–H groups in total. The molecular weight excluding hydrogens is 174 g/mol. The standard InChI is InChI=1S/C8H15NO2S/c1-4-7(10)9-5-8(2,11)6-12-3/h4,11H,1,5-6H2,2-3H3,(H,9,10). The lowest BCUT2D eigenvalue weighted by atomic mass is 10.1. The van der Waals surface area contributed by atoms with Crippen LogP contribution < -0.4 is 5.32 Å². The molecule has 0 aromatic rings. The van der Waals surface area contributed by atoms with E-state index in [0.717, 1.165) is 0 Å². The van der Waals surface area contributed by atoms with Crippen molar-refractivity contribution >= 4 is 17.7 Å². The molecule has 4 heteroatoms. The van der Waals surface area contributed by atoms with E-state index in [4.69, 9.17) is 0 Å². The van der Waals surface area contributed by atoms with Gasteiger partial charge in [-0.25, -0.2) is 0 Å². The van der Waals surface area contributed by atoms with Gasteiger partial charge in [0.2, 0.25) is 5.91 Å². The molecule has 0 fully saturated rings. The molecule has 3 nitrogen and oxygen atoms in total. The summed E-state index contributed by atoms with van der Waals surface area (Å²) in [5, 5.41) is 12.1. The zero-order chi connectivity index (χ0) is 9.61. The van der Waals surface area contributed by atoms with Crippen molar-refractivity contribution in [2.75, 3.05) is 18.6 Å². The predicted octanol–water partition coefficient (Wildman–Crippen LogP) is 0.403. The molecule has 0 saturated carbocycles. The molecule has 0 aliphatic carbocycles. The molecule has 0 saturated heterocycles. The second kappa shape index (κ2) is 5.22. The molecule has 12 heavy (non-hydrogen) atoms. The van der Waals surface area contributed by atoms with E-state index >= 15 is 0 Å². The number of nitrogens with one attached hydrogen (secondary N) is 1. The van der Waals surface area contributed by atoms with Gasteiger partial charge in [-0.3, -0.25) is 4.79 Å². The highest BCUT2D eigenvalue weighted by molar-refractivity contribution is 7.98. The van der Waals surface area contributed by atoms with E-state index in [0.29, 0.717) is 5.75 Å². The highest BCUT2D eigenvalue weighted by atomic mass is 32.2.